The molecule has 0 atom stereocenters. The van der Waals surface area contributed by atoms with Crippen molar-refractivity contribution in [2.45, 2.75) is 53.1 Å². The Labute approximate surface area is 134 Å². The summed E-state index contributed by atoms with van der Waals surface area (Å²) in [5, 5.41) is 4.12. The highest BCUT2D eigenvalue weighted by Crippen LogP contribution is 2.35. The molecule has 1 N–H and O–H groups in total. The minimum Gasteiger partial charge on any atom is -0.493 e. The summed E-state index contributed by atoms with van der Waals surface area (Å²) < 4.78 is 11.4. The van der Waals surface area contributed by atoms with Gasteiger partial charge in [-0.1, -0.05) is 25.4 Å². The van der Waals surface area contributed by atoms with E-state index in [2.05, 4.69) is 39.9 Å². The van der Waals surface area contributed by atoms with Gasteiger partial charge >= 0.3 is 0 Å². The summed E-state index contributed by atoms with van der Waals surface area (Å²) in [6.07, 6.45) is 1.01. The van der Waals surface area contributed by atoms with Gasteiger partial charge in [0.25, 0.3) is 0 Å². The fraction of sp³-hybridized carbons (Fsp3) is 0.647. The standard InChI is InChI=1S/C17H28ClNO2/c1-12(2)7-8-21-16-13(11-19-17(3,4)5)9-14(18)10-15(16)20-6/h9-10,12,19H,7-8,11H2,1-6H3. The predicted octanol–water partition coefficient (Wildman–Crippen LogP) is 4.66. The number of nitrogens with one attached hydrogen (secondary N) is 1. The van der Waals surface area contributed by atoms with Gasteiger partial charge in [-0.2, -0.15) is 0 Å². The third-order valence-electron chi connectivity index (χ3n) is 3.07. The Balaban J connectivity index is 2.94. The first-order chi connectivity index (χ1) is 9.73. The fourth-order valence-corrected chi connectivity index (χ4v) is 2.06. The largest absolute Gasteiger partial charge is 0.493 e. The van der Waals surface area contributed by atoms with E-state index >= 15 is 0 Å². The molecule has 0 unspecified atom stereocenters. The van der Waals surface area contributed by atoms with Crippen LogP contribution in [0.1, 0.15) is 46.6 Å². The van der Waals surface area contributed by atoms with Crippen molar-refractivity contribution in [3.8, 4) is 11.5 Å². The van der Waals surface area contributed by atoms with E-state index in [1.54, 1.807) is 13.2 Å². The summed E-state index contributed by atoms with van der Waals surface area (Å²) in [4.78, 5) is 0. The van der Waals surface area contributed by atoms with Gasteiger partial charge < -0.3 is 14.8 Å². The molecule has 0 aromatic heterocycles. The number of ether oxygens (including phenoxy) is 2. The molecule has 0 aliphatic carbocycles. The van der Waals surface area contributed by atoms with Gasteiger partial charge in [-0.3, -0.25) is 0 Å². The second-order valence-electron chi connectivity index (χ2n) is 6.73. The summed E-state index contributed by atoms with van der Waals surface area (Å²) in [6.45, 7) is 12.1. The molecule has 0 bridgehead atoms. The molecule has 4 heteroatoms. The van der Waals surface area contributed by atoms with Gasteiger partial charge in [0.15, 0.2) is 11.5 Å². The Morgan fingerprint density at radius 2 is 1.90 bits per heavy atom. The zero-order valence-corrected chi connectivity index (χ0v) is 14.8. The van der Waals surface area contributed by atoms with Crippen molar-refractivity contribution in [1.82, 2.24) is 5.32 Å². The Morgan fingerprint density at radius 1 is 1.24 bits per heavy atom. The second kappa shape index (κ2) is 7.90. The highest BCUT2D eigenvalue weighted by Gasteiger charge is 2.16. The lowest BCUT2D eigenvalue weighted by Gasteiger charge is -2.23. The molecule has 0 aliphatic rings. The molecule has 120 valence electrons. The maximum absolute atomic E-state index is 6.17. The van der Waals surface area contributed by atoms with Crippen LogP contribution in [-0.2, 0) is 6.54 Å². The van der Waals surface area contributed by atoms with Gasteiger partial charge in [-0.05, 0) is 39.2 Å². The third-order valence-corrected chi connectivity index (χ3v) is 3.29. The number of benzene rings is 1. The highest BCUT2D eigenvalue weighted by molar-refractivity contribution is 6.30. The quantitative estimate of drug-likeness (QED) is 0.794. The van der Waals surface area contributed by atoms with Crippen molar-refractivity contribution in [1.29, 1.82) is 0 Å². The Hall–Kier alpha value is -0.930. The fourth-order valence-electron chi connectivity index (χ4n) is 1.83. The molecule has 1 rings (SSSR count). The van der Waals surface area contributed by atoms with Gasteiger partial charge in [0, 0.05) is 28.7 Å². The summed E-state index contributed by atoms with van der Waals surface area (Å²) in [5.74, 6) is 2.09. The second-order valence-corrected chi connectivity index (χ2v) is 7.17. The molecule has 0 amide bonds. The van der Waals surface area contributed by atoms with E-state index in [-0.39, 0.29) is 5.54 Å². The van der Waals surface area contributed by atoms with E-state index in [0.717, 1.165) is 17.7 Å². The minimum atomic E-state index is 0.0325. The molecule has 1 aromatic carbocycles. The lowest BCUT2D eigenvalue weighted by molar-refractivity contribution is 0.268. The first kappa shape index (κ1) is 18.1. The van der Waals surface area contributed by atoms with Crippen LogP contribution in [0.15, 0.2) is 12.1 Å². The van der Waals surface area contributed by atoms with Crippen molar-refractivity contribution in [3.05, 3.63) is 22.7 Å². The summed E-state index contributed by atoms with van der Waals surface area (Å²) >= 11 is 6.17. The summed E-state index contributed by atoms with van der Waals surface area (Å²) in [6, 6.07) is 3.74. The number of hydrogen-bond acceptors (Lipinski definition) is 3. The molecular weight excluding hydrogens is 286 g/mol. The van der Waals surface area contributed by atoms with E-state index in [1.165, 1.54) is 0 Å². The van der Waals surface area contributed by atoms with Crippen LogP contribution in [0, 0.1) is 5.92 Å². The molecule has 0 heterocycles. The first-order valence-corrected chi connectivity index (χ1v) is 7.85. The monoisotopic (exact) mass is 313 g/mol. The lowest BCUT2D eigenvalue weighted by atomic mass is 10.1. The number of methoxy groups -OCH3 is 1. The van der Waals surface area contributed by atoms with E-state index in [4.69, 9.17) is 21.1 Å². The van der Waals surface area contributed by atoms with Crippen molar-refractivity contribution in [3.63, 3.8) is 0 Å². The first-order valence-electron chi connectivity index (χ1n) is 7.47. The smallest absolute Gasteiger partial charge is 0.165 e. The zero-order chi connectivity index (χ0) is 16.0. The van der Waals surface area contributed by atoms with Gasteiger partial charge in [0.2, 0.25) is 0 Å². The molecule has 21 heavy (non-hydrogen) atoms. The van der Waals surface area contributed by atoms with Crippen LogP contribution < -0.4 is 14.8 Å². The van der Waals surface area contributed by atoms with E-state index in [0.29, 0.717) is 29.8 Å². The van der Waals surface area contributed by atoms with Crippen LogP contribution in [0.3, 0.4) is 0 Å². The topological polar surface area (TPSA) is 30.5 Å². The Morgan fingerprint density at radius 3 is 2.43 bits per heavy atom. The van der Waals surface area contributed by atoms with E-state index in [1.807, 2.05) is 6.07 Å². The summed E-state index contributed by atoms with van der Waals surface area (Å²) in [7, 11) is 1.64. The summed E-state index contributed by atoms with van der Waals surface area (Å²) in [5.41, 5.74) is 1.06. The van der Waals surface area contributed by atoms with Crippen molar-refractivity contribution >= 4 is 11.6 Å². The van der Waals surface area contributed by atoms with Crippen molar-refractivity contribution < 1.29 is 9.47 Å². The molecule has 0 saturated carbocycles. The molecule has 0 spiro atoms. The van der Waals surface area contributed by atoms with Crippen LogP contribution in [0.25, 0.3) is 0 Å². The highest BCUT2D eigenvalue weighted by atomic mass is 35.5. The van der Waals surface area contributed by atoms with Crippen LogP contribution in [0.5, 0.6) is 11.5 Å². The molecule has 0 radical (unpaired) electrons. The van der Waals surface area contributed by atoms with Crippen LogP contribution in [0.2, 0.25) is 5.02 Å². The number of halogens is 1. The molecule has 0 fully saturated rings. The predicted molar refractivity (Wildman–Crippen MR) is 89.5 cm³/mol. The Bertz CT molecular complexity index is 453. The van der Waals surface area contributed by atoms with Gasteiger partial charge in [-0.15, -0.1) is 0 Å². The average Bonchev–Trinajstić information content (AvgIpc) is 2.36. The van der Waals surface area contributed by atoms with Gasteiger partial charge in [-0.25, -0.2) is 0 Å². The van der Waals surface area contributed by atoms with E-state index in [9.17, 15) is 0 Å². The maximum Gasteiger partial charge on any atom is 0.165 e. The molecule has 0 saturated heterocycles. The zero-order valence-electron chi connectivity index (χ0n) is 14.0. The lowest BCUT2D eigenvalue weighted by Crippen LogP contribution is -2.35. The van der Waals surface area contributed by atoms with Gasteiger partial charge in [0.1, 0.15) is 0 Å². The number of hydrogen-bond donors (Lipinski definition) is 1. The minimum absolute atomic E-state index is 0.0325. The molecule has 3 nitrogen and oxygen atoms in total. The van der Waals surface area contributed by atoms with Crippen LogP contribution >= 0.6 is 11.6 Å². The number of rotatable bonds is 7. The third kappa shape index (κ3) is 6.58. The van der Waals surface area contributed by atoms with Gasteiger partial charge in [0.05, 0.1) is 13.7 Å². The van der Waals surface area contributed by atoms with Crippen molar-refractivity contribution in [2.24, 2.45) is 5.92 Å². The molecule has 1 aromatic rings. The average molecular weight is 314 g/mol. The molecule has 0 aliphatic heterocycles. The van der Waals surface area contributed by atoms with Crippen molar-refractivity contribution in [2.75, 3.05) is 13.7 Å². The Kier molecular flexibility index (Phi) is 6.82. The SMILES string of the molecule is COc1cc(Cl)cc(CNC(C)(C)C)c1OCCC(C)C. The van der Waals surface area contributed by atoms with Crippen LogP contribution in [-0.4, -0.2) is 19.3 Å². The van der Waals surface area contributed by atoms with E-state index < -0.39 is 0 Å². The normalized spacial score (nSPS) is 11.8. The molecular formula is C17H28ClNO2. The maximum atomic E-state index is 6.17. The van der Waals surface area contributed by atoms with Crippen LogP contribution in [0.4, 0.5) is 0 Å².